The van der Waals surface area contributed by atoms with Gasteiger partial charge >= 0.3 is 12.1 Å². The Bertz CT molecular complexity index is 1370. The van der Waals surface area contributed by atoms with Crippen molar-refractivity contribution in [2.45, 2.75) is 96.2 Å². The maximum atomic E-state index is 14.1. The monoisotopic (exact) mass is 628 g/mol. The minimum absolute atomic E-state index is 0.0292. The molecule has 9 heteroatoms. The van der Waals surface area contributed by atoms with Crippen molar-refractivity contribution in [3.8, 4) is 0 Å². The van der Waals surface area contributed by atoms with Gasteiger partial charge in [-0.05, 0) is 99.2 Å². The molecule has 6 rings (SSSR count). The molecule has 4 heterocycles. The van der Waals surface area contributed by atoms with Gasteiger partial charge in [0.2, 0.25) is 5.91 Å². The van der Waals surface area contributed by atoms with E-state index >= 15 is 0 Å². The SMILES string of the molecule is CCc1ccc(C[C@@H](NC(=O)N2CCC(N3CCc4ccccc4NC3=O)CC2)C(=O)N2CCC(N3CCCC3)CC2)cc1CC. The average Bonchev–Trinajstić information content (AvgIpc) is 3.58. The second-order valence-electron chi connectivity index (χ2n) is 13.6. The zero-order chi connectivity index (χ0) is 32.0. The highest BCUT2D eigenvalue weighted by atomic mass is 16.2. The van der Waals surface area contributed by atoms with Crippen LogP contribution in [0, 0.1) is 0 Å². The van der Waals surface area contributed by atoms with Crippen LogP contribution in [-0.4, -0.2) is 102 Å². The Morgan fingerprint density at radius 2 is 1.50 bits per heavy atom. The van der Waals surface area contributed by atoms with Gasteiger partial charge in [-0.2, -0.15) is 0 Å². The van der Waals surface area contributed by atoms with E-state index in [4.69, 9.17) is 0 Å². The Hall–Kier alpha value is -3.59. The molecule has 248 valence electrons. The van der Waals surface area contributed by atoms with E-state index in [2.05, 4.69) is 53.6 Å². The molecule has 0 radical (unpaired) electrons. The summed E-state index contributed by atoms with van der Waals surface area (Å²) in [5.74, 6) is 0.0292. The number of likely N-dealkylation sites (tertiary alicyclic amines) is 3. The van der Waals surface area contributed by atoms with Crippen molar-refractivity contribution in [3.63, 3.8) is 0 Å². The van der Waals surface area contributed by atoms with Crippen LogP contribution in [0.2, 0.25) is 0 Å². The van der Waals surface area contributed by atoms with Crippen molar-refractivity contribution < 1.29 is 14.4 Å². The summed E-state index contributed by atoms with van der Waals surface area (Å²) in [6.07, 6.45) is 9.22. The number of carbonyl (C=O) groups excluding carboxylic acids is 3. The molecule has 0 aliphatic carbocycles. The number of anilines is 1. The Kier molecular flexibility index (Phi) is 10.5. The summed E-state index contributed by atoms with van der Waals surface area (Å²) in [4.78, 5) is 49.3. The molecule has 5 amide bonds. The number of nitrogens with one attached hydrogen (secondary N) is 2. The molecule has 0 spiro atoms. The van der Waals surface area contributed by atoms with Gasteiger partial charge in [-0.3, -0.25) is 4.79 Å². The summed E-state index contributed by atoms with van der Waals surface area (Å²) in [7, 11) is 0. The maximum Gasteiger partial charge on any atom is 0.322 e. The van der Waals surface area contributed by atoms with Gasteiger partial charge in [-0.1, -0.05) is 50.2 Å². The number of hydrogen-bond acceptors (Lipinski definition) is 4. The van der Waals surface area contributed by atoms with Gasteiger partial charge in [0.25, 0.3) is 0 Å². The molecular formula is C37H52N6O3. The molecule has 46 heavy (non-hydrogen) atoms. The molecule has 0 saturated carbocycles. The molecule has 2 N–H and O–H groups in total. The summed E-state index contributed by atoms with van der Waals surface area (Å²) >= 11 is 0. The molecule has 3 fully saturated rings. The summed E-state index contributed by atoms with van der Waals surface area (Å²) in [5, 5.41) is 6.26. The van der Waals surface area contributed by atoms with E-state index in [1.54, 1.807) is 0 Å². The van der Waals surface area contributed by atoms with Crippen LogP contribution in [0.15, 0.2) is 42.5 Å². The molecule has 2 aromatic rings. The van der Waals surface area contributed by atoms with Crippen LogP contribution in [0.3, 0.4) is 0 Å². The Labute approximate surface area is 274 Å². The van der Waals surface area contributed by atoms with Gasteiger partial charge in [0.15, 0.2) is 0 Å². The Morgan fingerprint density at radius 3 is 2.22 bits per heavy atom. The third-order valence-corrected chi connectivity index (χ3v) is 10.8. The number of nitrogens with zero attached hydrogens (tertiary/aromatic N) is 4. The first-order valence-electron chi connectivity index (χ1n) is 17.8. The Morgan fingerprint density at radius 1 is 0.826 bits per heavy atom. The molecule has 4 aliphatic heterocycles. The summed E-state index contributed by atoms with van der Waals surface area (Å²) in [5.41, 5.74) is 5.78. The molecular weight excluding hydrogens is 576 g/mol. The fourth-order valence-electron chi connectivity index (χ4n) is 8.05. The quantitative estimate of drug-likeness (QED) is 0.427. The van der Waals surface area contributed by atoms with Crippen LogP contribution < -0.4 is 10.6 Å². The van der Waals surface area contributed by atoms with Gasteiger partial charge in [-0.15, -0.1) is 0 Å². The predicted octanol–water partition coefficient (Wildman–Crippen LogP) is 5.07. The second-order valence-corrected chi connectivity index (χ2v) is 13.6. The minimum Gasteiger partial charge on any atom is -0.341 e. The first-order chi connectivity index (χ1) is 22.4. The van der Waals surface area contributed by atoms with E-state index < -0.39 is 6.04 Å². The molecule has 4 aliphatic rings. The van der Waals surface area contributed by atoms with Crippen molar-refractivity contribution in [2.24, 2.45) is 0 Å². The van der Waals surface area contributed by atoms with E-state index in [1.807, 2.05) is 32.9 Å². The normalized spacial score (nSPS) is 20.7. The third kappa shape index (κ3) is 7.35. The second kappa shape index (κ2) is 14.9. The highest BCUT2D eigenvalue weighted by Crippen LogP contribution is 2.26. The number of para-hydroxylation sites is 1. The van der Waals surface area contributed by atoms with E-state index in [0.717, 1.165) is 74.8 Å². The molecule has 0 aromatic heterocycles. The van der Waals surface area contributed by atoms with E-state index in [-0.39, 0.29) is 24.0 Å². The largest absolute Gasteiger partial charge is 0.341 e. The first-order valence-corrected chi connectivity index (χ1v) is 17.8. The number of amides is 5. The van der Waals surface area contributed by atoms with Crippen LogP contribution in [0.25, 0.3) is 0 Å². The highest BCUT2D eigenvalue weighted by Gasteiger charge is 2.35. The van der Waals surface area contributed by atoms with Crippen LogP contribution in [0.1, 0.15) is 74.6 Å². The van der Waals surface area contributed by atoms with E-state index in [9.17, 15) is 14.4 Å². The molecule has 9 nitrogen and oxygen atoms in total. The zero-order valence-corrected chi connectivity index (χ0v) is 27.8. The van der Waals surface area contributed by atoms with Crippen molar-refractivity contribution in [1.82, 2.24) is 24.9 Å². The maximum absolute atomic E-state index is 14.1. The lowest BCUT2D eigenvalue weighted by Crippen LogP contribution is -2.57. The number of hydrogen-bond donors (Lipinski definition) is 2. The number of rotatable bonds is 8. The van der Waals surface area contributed by atoms with E-state index in [1.165, 1.54) is 37.1 Å². The van der Waals surface area contributed by atoms with Crippen LogP contribution >= 0.6 is 0 Å². The van der Waals surface area contributed by atoms with Crippen molar-refractivity contribution in [3.05, 3.63) is 64.7 Å². The van der Waals surface area contributed by atoms with Crippen LogP contribution in [-0.2, 0) is 30.5 Å². The lowest BCUT2D eigenvalue weighted by Gasteiger charge is -2.39. The van der Waals surface area contributed by atoms with Gasteiger partial charge in [0.05, 0.1) is 0 Å². The summed E-state index contributed by atoms with van der Waals surface area (Å²) < 4.78 is 0. The van der Waals surface area contributed by atoms with E-state index in [0.29, 0.717) is 32.1 Å². The fourth-order valence-corrected chi connectivity index (χ4v) is 8.05. The fraction of sp³-hybridized carbons (Fsp3) is 0.595. The molecule has 0 unspecified atom stereocenters. The lowest BCUT2D eigenvalue weighted by molar-refractivity contribution is -0.134. The highest BCUT2D eigenvalue weighted by molar-refractivity contribution is 5.91. The van der Waals surface area contributed by atoms with Crippen molar-refractivity contribution >= 4 is 23.7 Å². The molecule has 3 saturated heterocycles. The van der Waals surface area contributed by atoms with Gasteiger partial charge in [0.1, 0.15) is 6.04 Å². The van der Waals surface area contributed by atoms with Gasteiger partial charge in [-0.25, -0.2) is 9.59 Å². The van der Waals surface area contributed by atoms with Crippen molar-refractivity contribution in [2.75, 3.05) is 51.1 Å². The molecule has 2 aromatic carbocycles. The third-order valence-electron chi connectivity index (χ3n) is 10.8. The lowest BCUT2D eigenvalue weighted by atomic mass is 9.96. The number of piperidine rings is 2. The number of urea groups is 2. The van der Waals surface area contributed by atoms with Crippen molar-refractivity contribution in [1.29, 1.82) is 0 Å². The Balaban J connectivity index is 1.09. The number of fused-ring (bicyclic) bond motifs is 1. The minimum atomic E-state index is -0.611. The topological polar surface area (TPSA) is 88.2 Å². The average molecular weight is 629 g/mol. The summed E-state index contributed by atoms with van der Waals surface area (Å²) in [6, 6.07) is 14.3. The number of aryl methyl sites for hydroxylation is 2. The van der Waals surface area contributed by atoms with Crippen LogP contribution in [0.4, 0.5) is 15.3 Å². The van der Waals surface area contributed by atoms with Gasteiger partial charge in [0, 0.05) is 56.9 Å². The first kappa shape index (κ1) is 32.4. The standard InChI is InChI=1S/C37H52N6O3/c1-3-28-12-11-27(25-29(28)4-2)26-34(35(44)41-20-14-31(15-21-41)40-18-7-8-19-40)39-36(45)42-22-16-32(17-23-42)43-24-13-30-9-5-6-10-33(30)38-37(43)46/h5-6,9-12,25,31-32,34H,3-4,7-8,13-24,26H2,1-2H3,(H,38,46)(H,39,45)/t34-/m1/s1. The molecule has 0 bridgehead atoms. The zero-order valence-electron chi connectivity index (χ0n) is 27.8. The van der Waals surface area contributed by atoms with Crippen LogP contribution in [0.5, 0.6) is 0 Å². The predicted molar refractivity (Wildman–Crippen MR) is 182 cm³/mol. The smallest absolute Gasteiger partial charge is 0.322 e. The molecule has 1 atom stereocenters. The summed E-state index contributed by atoms with van der Waals surface area (Å²) in [6.45, 7) is 9.97. The number of benzene rings is 2. The van der Waals surface area contributed by atoms with Gasteiger partial charge < -0.3 is 30.2 Å². The number of carbonyl (C=O) groups is 3.